The number of halogens is 3. The molecule has 0 unspecified atom stereocenters. The maximum absolute atomic E-state index is 13.6. The van der Waals surface area contributed by atoms with Gasteiger partial charge in [0.1, 0.15) is 11.6 Å². The Morgan fingerprint density at radius 1 is 1.44 bits per heavy atom. The van der Waals surface area contributed by atoms with Crippen LogP contribution in [-0.4, -0.2) is 9.97 Å². The fourth-order valence-electron chi connectivity index (χ4n) is 1.47. The topological polar surface area (TPSA) is 28.7 Å². The van der Waals surface area contributed by atoms with Gasteiger partial charge in [-0.1, -0.05) is 17.7 Å². The molecular weight excluding hydrogens is 250 g/mol. The van der Waals surface area contributed by atoms with Crippen molar-refractivity contribution in [3.8, 4) is 11.4 Å². The third-order valence-corrected chi connectivity index (χ3v) is 2.88. The van der Waals surface area contributed by atoms with Gasteiger partial charge in [0.15, 0.2) is 0 Å². The van der Waals surface area contributed by atoms with Crippen molar-refractivity contribution < 1.29 is 4.39 Å². The zero-order valence-corrected chi connectivity index (χ0v) is 10.0. The number of aromatic amines is 1. The van der Waals surface area contributed by atoms with Crippen LogP contribution in [0.4, 0.5) is 4.39 Å². The Morgan fingerprint density at radius 3 is 2.75 bits per heavy atom. The van der Waals surface area contributed by atoms with Gasteiger partial charge in [-0.25, -0.2) is 9.37 Å². The number of H-pyrrole nitrogens is 1. The first-order valence-corrected chi connectivity index (χ1v) is 5.60. The number of aromatic nitrogens is 2. The highest BCUT2D eigenvalue weighted by molar-refractivity contribution is 6.33. The quantitative estimate of drug-likeness (QED) is 0.813. The molecule has 0 fully saturated rings. The van der Waals surface area contributed by atoms with Crippen LogP contribution >= 0.6 is 23.2 Å². The highest BCUT2D eigenvalue weighted by atomic mass is 35.5. The van der Waals surface area contributed by atoms with Gasteiger partial charge >= 0.3 is 0 Å². The fourth-order valence-corrected chi connectivity index (χ4v) is 1.98. The minimum atomic E-state index is -0.401. The smallest absolute Gasteiger partial charge is 0.142 e. The van der Waals surface area contributed by atoms with Crippen molar-refractivity contribution in [3.05, 3.63) is 40.4 Å². The normalized spacial score (nSPS) is 10.8. The lowest BCUT2D eigenvalue weighted by molar-refractivity contribution is 0.630. The SMILES string of the molecule is Cc1[nH]c(-c2c(F)cccc2Cl)nc1CCl. The highest BCUT2D eigenvalue weighted by Crippen LogP contribution is 2.29. The third kappa shape index (κ3) is 1.93. The average molecular weight is 259 g/mol. The minimum Gasteiger partial charge on any atom is -0.342 e. The van der Waals surface area contributed by atoms with E-state index in [1.165, 1.54) is 6.07 Å². The Morgan fingerprint density at radius 2 is 2.19 bits per heavy atom. The second-order valence-electron chi connectivity index (χ2n) is 3.39. The van der Waals surface area contributed by atoms with Crippen LogP contribution in [0.5, 0.6) is 0 Å². The van der Waals surface area contributed by atoms with E-state index in [4.69, 9.17) is 23.2 Å². The monoisotopic (exact) mass is 258 g/mol. The molecule has 1 aromatic carbocycles. The molecule has 0 bridgehead atoms. The summed E-state index contributed by atoms with van der Waals surface area (Å²) in [6.07, 6.45) is 0. The lowest BCUT2D eigenvalue weighted by Gasteiger charge is -2.01. The summed E-state index contributed by atoms with van der Waals surface area (Å²) in [5.74, 6) is 0.299. The maximum atomic E-state index is 13.6. The fraction of sp³-hybridized carbons (Fsp3) is 0.182. The molecule has 0 amide bonds. The van der Waals surface area contributed by atoms with Crippen molar-refractivity contribution in [1.29, 1.82) is 0 Å². The Hall–Kier alpha value is -1.06. The first-order valence-electron chi connectivity index (χ1n) is 4.69. The van der Waals surface area contributed by atoms with Crippen molar-refractivity contribution >= 4 is 23.2 Å². The molecule has 1 aromatic heterocycles. The van der Waals surface area contributed by atoms with Gasteiger partial charge in [0.05, 0.1) is 22.2 Å². The lowest BCUT2D eigenvalue weighted by Crippen LogP contribution is -1.88. The molecule has 16 heavy (non-hydrogen) atoms. The molecule has 2 rings (SSSR count). The standard InChI is InChI=1S/C11H9Cl2FN2/c1-6-9(5-12)16-11(15-6)10-7(13)3-2-4-8(10)14/h2-4H,5H2,1H3,(H,15,16). The van der Waals surface area contributed by atoms with E-state index in [1.54, 1.807) is 12.1 Å². The van der Waals surface area contributed by atoms with Crippen LogP contribution < -0.4 is 0 Å². The number of hydrogen-bond acceptors (Lipinski definition) is 1. The zero-order valence-electron chi connectivity index (χ0n) is 8.52. The second-order valence-corrected chi connectivity index (χ2v) is 4.06. The number of benzene rings is 1. The van der Waals surface area contributed by atoms with Crippen LogP contribution in [0.2, 0.25) is 5.02 Å². The van der Waals surface area contributed by atoms with Gasteiger partial charge in [0.25, 0.3) is 0 Å². The third-order valence-electron chi connectivity index (χ3n) is 2.31. The van der Waals surface area contributed by atoms with Crippen LogP contribution in [0.3, 0.4) is 0 Å². The van der Waals surface area contributed by atoms with Crippen molar-refractivity contribution in [1.82, 2.24) is 9.97 Å². The zero-order chi connectivity index (χ0) is 11.7. The Kier molecular flexibility index (Phi) is 3.17. The molecule has 0 saturated carbocycles. The van der Waals surface area contributed by atoms with Crippen molar-refractivity contribution in [2.45, 2.75) is 12.8 Å². The molecule has 0 aliphatic carbocycles. The summed E-state index contributed by atoms with van der Waals surface area (Å²) in [6, 6.07) is 4.52. The molecule has 0 radical (unpaired) electrons. The Labute approximate surface area is 102 Å². The van der Waals surface area contributed by atoms with Crippen LogP contribution in [-0.2, 0) is 5.88 Å². The van der Waals surface area contributed by atoms with Crippen molar-refractivity contribution in [3.63, 3.8) is 0 Å². The summed E-state index contributed by atoms with van der Waals surface area (Å²) in [4.78, 5) is 7.18. The molecule has 0 aliphatic rings. The van der Waals surface area contributed by atoms with Gasteiger partial charge < -0.3 is 4.98 Å². The van der Waals surface area contributed by atoms with Gasteiger partial charge in [-0.15, -0.1) is 11.6 Å². The molecule has 2 nitrogen and oxygen atoms in total. The summed E-state index contributed by atoms with van der Waals surface area (Å²) < 4.78 is 13.6. The van der Waals surface area contributed by atoms with Crippen LogP contribution in [0, 0.1) is 12.7 Å². The molecule has 0 saturated heterocycles. The highest BCUT2D eigenvalue weighted by Gasteiger charge is 2.14. The Balaban J connectivity index is 2.58. The van der Waals surface area contributed by atoms with Crippen LogP contribution in [0.25, 0.3) is 11.4 Å². The lowest BCUT2D eigenvalue weighted by atomic mass is 10.2. The van der Waals surface area contributed by atoms with E-state index in [0.29, 0.717) is 16.5 Å². The van der Waals surface area contributed by atoms with E-state index >= 15 is 0 Å². The molecule has 0 atom stereocenters. The number of aryl methyl sites for hydroxylation is 1. The predicted octanol–water partition coefficient (Wildman–Crippen LogP) is 3.92. The van der Waals surface area contributed by atoms with Gasteiger partial charge in [0.2, 0.25) is 0 Å². The molecule has 2 aromatic rings. The van der Waals surface area contributed by atoms with Crippen LogP contribution in [0.15, 0.2) is 18.2 Å². The molecule has 0 aliphatic heterocycles. The number of imidazole rings is 1. The summed E-state index contributed by atoms with van der Waals surface area (Å²) in [5, 5.41) is 0.329. The van der Waals surface area contributed by atoms with E-state index in [9.17, 15) is 4.39 Å². The number of rotatable bonds is 2. The first kappa shape index (κ1) is 11.4. The number of hydrogen-bond donors (Lipinski definition) is 1. The molecule has 0 spiro atoms. The second kappa shape index (κ2) is 4.44. The first-order chi connectivity index (χ1) is 7.63. The van der Waals surface area contributed by atoms with E-state index in [-0.39, 0.29) is 11.4 Å². The van der Waals surface area contributed by atoms with E-state index in [0.717, 1.165) is 5.69 Å². The molecule has 5 heteroatoms. The van der Waals surface area contributed by atoms with Gasteiger partial charge in [-0.3, -0.25) is 0 Å². The van der Waals surface area contributed by atoms with E-state index in [1.807, 2.05) is 6.92 Å². The number of nitrogens with one attached hydrogen (secondary N) is 1. The number of nitrogens with zero attached hydrogens (tertiary/aromatic N) is 1. The van der Waals surface area contributed by atoms with E-state index < -0.39 is 5.82 Å². The predicted molar refractivity (Wildman–Crippen MR) is 63.3 cm³/mol. The molecular formula is C11H9Cl2FN2. The Bertz CT molecular complexity index is 502. The maximum Gasteiger partial charge on any atom is 0.142 e. The largest absolute Gasteiger partial charge is 0.342 e. The minimum absolute atomic E-state index is 0.281. The summed E-state index contributed by atoms with van der Waals surface area (Å²) in [6.45, 7) is 1.84. The molecule has 84 valence electrons. The summed E-state index contributed by atoms with van der Waals surface area (Å²) >= 11 is 11.6. The van der Waals surface area contributed by atoms with Crippen LogP contribution in [0.1, 0.15) is 11.4 Å². The van der Waals surface area contributed by atoms with Gasteiger partial charge in [-0.05, 0) is 19.1 Å². The van der Waals surface area contributed by atoms with Crippen molar-refractivity contribution in [2.24, 2.45) is 0 Å². The average Bonchev–Trinajstić information content (AvgIpc) is 2.59. The van der Waals surface area contributed by atoms with E-state index in [2.05, 4.69) is 9.97 Å². The molecule has 1 N–H and O–H groups in total. The summed E-state index contributed by atoms with van der Waals surface area (Å²) in [5.41, 5.74) is 1.81. The van der Waals surface area contributed by atoms with Crippen molar-refractivity contribution in [2.75, 3.05) is 0 Å². The number of alkyl halides is 1. The van der Waals surface area contributed by atoms with Gasteiger partial charge in [0, 0.05) is 5.69 Å². The summed E-state index contributed by atoms with van der Waals surface area (Å²) in [7, 11) is 0. The van der Waals surface area contributed by atoms with Gasteiger partial charge in [-0.2, -0.15) is 0 Å². The molecule has 1 heterocycles.